The molecule has 0 aromatic carbocycles. The summed E-state index contributed by atoms with van der Waals surface area (Å²) in [4.78, 5) is 8.12. The highest BCUT2D eigenvalue weighted by Gasteiger charge is 2.13. The zero-order valence-corrected chi connectivity index (χ0v) is 10.6. The number of rotatable bonds is 3. The minimum atomic E-state index is 0.108. The van der Waals surface area contributed by atoms with Gasteiger partial charge in [0.25, 0.3) is 0 Å². The fraction of sp³-hybridized carbons (Fsp3) is 0.231. The van der Waals surface area contributed by atoms with E-state index in [4.69, 9.17) is 10.5 Å². The minimum Gasteiger partial charge on any atom is -0.313 e. The van der Waals surface area contributed by atoms with E-state index >= 15 is 0 Å². The van der Waals surface area contributed by atoms with Gasteiger partial charge < -0.3 is 5.32 Å². The first-order valence-corrected chi connectivity index (χ1v) is 5.72. The standard InChI is InChI=1S/C13H12N6/c1-9(16-2)10-3-4-17-13(5-10)19-8-18-11(6-14)12(19)7-15/h3-5,8-9,16H,1-2H3. The van der Waals surface area contributed by atoms with Gasteiger partial charge in [-0.25, -0.2) is 9.97 Å². The van der Waals surface area contributed by atoms with Crippen LogP contribution in [0.2, 0.25) is 0 Å². The Bertz CT molecular complexity index is 673. The summed E-state index contributed by atoms with van der Waals surface area (Å²) < 4.78 is 1.52. The van der Waals surface area contributed by atoms with Crippen LogP contribution in [0.3, 0.4) is 0 Å². The largest absolute Gasteiger partial charge is 0.313 e. The topological polar surface area (TPSA) is 90.3 Å². The molecule has 0 fully saturated rings. The molecule has 0 bridgehead atoms. The van der Waals surface area contributed by atoms with E-state index in [1.807, 2.05) is 38.2 Å². The number of nitrogens with one attached hydrogen (secondary N) is 1. The third-order valence-corrected chi connectivity index (χ3v) is 2.93. The van der Waals surface area contributed by atoms with Gasteiger partial charge in [0, 0.05) is 12.2 Å². The molecule has 1 N–H and O–H groups in total. The number of hydrogen-bond donors (Lipinski definition) is 1. The molecule has 0 aliphatic carbocycles. The number of hydrogen-bond acceptors (Lipinski definition) is 5. The zero-order valence-electron chi connectivity index (χ0n) is 10.6. The van der Waals surface area contributed by atoms with Crippen LogP contribution in [0.1, 0.15) is 29.9 Å². The van der Waals surface area contributed by atoms with E-state index < -0.39 is 0 Å². The van der Waals surface area contributed by atoms with Crippen LogP contribution in [0.25, 0.3) is 5.82 Å². The first kappa shape index (κ1) is 12.7. The third-order valence-electron chi connectivity index (χ3n) is 2.93. The monoisotopic (exact) mass is 252 g/mol. The summed E-state index contributed by atoms with van der Waals surface area (Å²) in [6.07, 6.45) is 3.11. The average molecular weight is 252 g/mol. The normalized spacial score (nSPS) is 11.6. The molecule has 0 radical (unpaired) electrons. The Labute approximate surface area is 111 Å². The Balaban J connectivity index is 2.52. The lowest BCUT2D eigenvalue weighted by Gasteiger charge is -2.11. The molecule has 0 saturated carbocycles. The molecule has 1 unspecified atom stereocenters. The molecule has 6 nitrogen and oxygen atoms in total. The van der Waals surface area contributed by atoms with Crippen LogP contribution in [0.15, 0.2) is 24.7 Å². The van der Waals surface area contributed by atoms with Crippen molar-refractivity contribution in [2.45, 2.75) is 13.0 Å². The van der Waals surface area contributed by atoms with Crippen LogP contribution in [0.4, 0.5) is 0 Å². The van der Waals surface area contributed by atoms with Crippen molar-refractivity contribution in [2.24, 2.45) is 0 Å². The molecular formula is C13H12N6. The van der Waals surface area contributed by atoms with Crippen molar-refractivity contribution in [3.63, 3.8) is 0 Å². The van der Waals surface area contributed by atoms with E-state index in [1.165, 1.54) is 10.9 Å². The van der Waals surface area contributed by atoms with Gasteiger partial charge in [-0.2, -0.15) is 10.5 Å². The van der Waals surface area contributed by atoms with Gasteiger partial charge in [0.1, 0.15) is 24.3 Å². The van der Waals surface area contributed by atoms with Gasteiger partial charge in [0.15, 0.2) is 11.4 Å². The third kappa shape index (κ3) is 2.30. The minimum absolute atomic E-state index is 0.108. The first-order chi connectivity index (χ1) is 9.21. The van der Waals surface area contributed by atoms with Gasteiger partial charge in [-0.3, -0.25) is 4.57 Å². The van der Waals surface area contributed by atoms with Gasteiger partial charge in [-0.05, 0) is 31.7 Å². The number of pyridine rings is 1. The van der Waals surface area contributed by atoms with Crippen LogP contribution in [-0.2, 0) is 0 Å². The molecule has 0 aliphatic rings. The molecule has 19 heavy (non-hydrogen) atoms. The molecule has 94 valence electrons. The summed E-state index contributed by atoms with van der Waals surface area (Å²) in [5.41, 5.74) is 1.35. The Morgan fingerprint density at radius 1 is 1.32 bits per heavy atom. The van der Waals surface area contributed by atoms with E-state index in [0.717, 1.165) is 5.56 Å². The molecule has 2 rings (SSSR count). The van der Waals surface area contributed by atoms with E-state index in [2.05, 4.69) is 15.3 Å². The van der Waals surface area contributed by atoms with Crippen LogP contribution in [-0.4, -0.2) is 21.6 Å². The molecule has 2 aromatic rings. The van der Waals surface area contributed by atoms with E-state index in [1.54, 1.807) is 6.20 Å². The van der Waals surface area contributed by atoms with Gasteiger partial charge >= 0.3 is 0 Å². The van der Waals surface area contributed by atoms with Crippen molar-refractivity contribution in [3.05, 3.63) is 41.6 Å². The average Bonchev–Trinajstić information content (AvgIpc) is 2.89. The molecule has 0 aliphatic heterocycles. The van der Waals surface area contributed by atoms with E-state index in [-0.39, 0.29) is 17.4 Å². The predicted octanol–water partition coefficient (Wildman–Crippen LogP) is 1.29. The van der Waals surface area contributed by atoms with Crippen molar-refractivity contribution in [2.75, 3.05) is 7.05 Å². The fourth-order valence-corrected chi connectivity index (χ4v) is 1.71. The quantitative estimate of drug-likeness (QED) is 0.888. The van der Waals surface area contributed by atoms with Crippen molar-refractivity contribution in [1.82, 2.24) is 19.9 Å². The SMILES string of the molecule is CNC(C)c1ccnc(-n2cnc(C#N)c2C#N)c1. The Kier molecular flexibility index (Phi) is 3.56. The maximum Gasteiger partial charge on any atom is 0.177 e. The lowest BCUT2D eigenvalue weighted by atomic mass is 10.1. The molecule has 2 heterocycles. The maximum absolute atomic E-state index is 9.10. The predicted molar refractivity (Wildman–Crippen MR) is 68.3 cm³/mol. The van der Waals surface area contributed by atoms with Gasteiger partial charge in [0.2, 0.25) is 0 Å². The Hall–Kier alpha value is -2.70. The summed E-state index contributed by atoms with van der Waals surface area (Å²) in [5, 5.41) is 21.1. The van der Waals surface area contributed by atoms with Crippen molar-refractivity contribution in [1.29, 1.82) is 10.5 Å². The van der Waals surface area contributed by atoms with Gasteiger partial charge in [-0.15, -0.1) is 0 Å². The molecule has 2 aromatic heterocycles. The summed E-state index contributed by atoms with van der Waals surface area (Å²) in [6.45, 7) is 2.03. The second-order valence-electron chi connectivity index (χ2n) is 3.99. The Morgan fingerprint density at radius 2 is 2.11 bits per heavy atom. The summed E-state index contributed by atoms with van der Waals surface area (Å²) in [6, 6.07) is 7.81. The summed E-state index contributed by atoms with van der Waals surface area (Å²) >= 11 is 0. The lowest BCUT2D eigenvalue weighted by Crippen LogP contribution is -2.13. The lowest BCUT2D eigenvalue weighted by molar-refractivity contribution is 0.650. The van der Waals surface area contributed by atoms with Crippen LogP contribution < -0.4 is 5.32 Å². The summed E-state index contributed by atoms with van der Waals surface area (Å²) in [5.74, 6) is 0.574. The second-order valence-corrected chi connectivity index (χ2v) is 3.99. The molecule has 6 heteroatoms. The van der Waals surface area contributed by atoms with E-state index in [0.29, 0.717) is 5.82 Å². The van der Waals surface area contributed by atoms with Crippen LogP contribution in [0, 0.1) is 22.7 Å². The van der Waals surface area contributed by atoms with Gasteiger partial charge in [0.05, 0.1) is 0 Å². The molecule has 0 spiro atoms. The molecule has 0 saturated heterocycles. The smallest absolute Gasteiger partial charge is 0.177 e. The number of nitriles is 2. The number of aromatic nitrogens is 3. The highest BCUT2D eigenvalue weighted by atomic mass is 15.1. The van der Waals surface area contributed by atoms with Crippen molar-refractivity contribution in [3.8, 4) is 18.0 Å². The summed E-state index contributed by atoms with van der Waals surface area (Å²) in [7, 11) is 1.87. The van der Waals surface area contributed by atoms with E-state index in [9.17, 15) is 0 Å². The zero-order chi connectivity index (χ0) is 13.8. The second kappa shape index (κ2) is 5.30. The number of nitrogens with zero attached hydrogens (tertiary/aromatic N) is 5. The van der Waals surface area contributed by atoms with Crippen molar-refractivity contribution < 1.29 is 0 Å². The van der Waals surface area contributed by atoms with Crippen molar-refractivity contribution >= 4 is 0 Å². The highest BCUT2D eigenvalue weighted by Crippen LogP contribution is 2.17. The van der Waals surface area contributed by atoms with Gasteiger partial charge in [-0.1, -0.05) is 0 Å². The maximum atomic E-state index is 9.10. The molecular weight excluding hydrogens is 240 g/mol. The van der Waals surface area contributed by atoms with Crippen LogP contribution >= 0.6 is 0 Å². The first-order valence-electron chi connectivity index (χ1n) is 5.72. The fourth-order valence-electron chi connectivity index (χ4n) is 1.71. The molecule has 1 atom stereocenters. The number of imidazole rings is 1. The Morgan fingerprint density at radius 3 is 2.74 bits per heavy atom. The highest BCUT2D eigenvalue weighted by molar-refractivity contribution is 5.42. The van der Waals surface area contributed by atoms with Crippen LogP contribution in [0.5, 0.6) is 0 Å². The molecule has 0 amide bonds.